The molecular formula is C31H40O17. The molecule has 8 N–H and O–H groups in total. The SMILES string of the molecule is COc1cc(/C=C/C(=O)O[C@@H]2[C@@H](O)[C@@H](O)[C@H](O[C@H]3[C@@H]4C=CO[C@@H](O[C@@H]5O[C@H](CO)[C@@H](O)[C@H](O)[C@H]5O)[C@@H]4[C@@]4(CO)O[C@@H]34)O[C@H]2C)ccc1O. The van der Waals surface area contributed by atoms with E-state index in [-0.39, 0.29) is 11.5 Å². The Balaban J connectivity index is 1.10. The van der Waals surface area contributed by atoms with Gasteiger partial charge in [-0.2, -0.15) is 0 Å². The Morgan fingerprint density at radius 2 is 1.67 bits per heavy atom. The molecule has 16 atom stereocenters. The van der Waals surface area contributed by atoms with Crippen molar-refractivity contribution in [2.24, 2.45) is 11.8 Å². The summed E-state index contributed by atoms with van der Waals surface area (Å²) in [5.74, 6) is -2.02. The number of phenols is 1. The fourth-order valence-corrected chi connectivity index (χ4v) is 6.88. The zero-order valence-electron chi connectivity index (χ0n) is 25.9. The summed E-state index contributed by atoms with van der Waals surface area (Å²) >= 11 is 0. The standard InChI is InChI=1S/C31H40O17/c1-12-25(45-18(35)6-4-13-3-5-15(34)16(9-13)41-2)22(38)24(40)29(43-12)46-26-14-7-8-42-28(19(14)31(11-33)27(26)48-31)47-30-23(39)21(37)20(36)17(10-32)44-30/h3-9,12,14,17,19-30,32-34,36-40H,10-11H2,1-2H3/b6-4+/t12-,14+,17+,19+,20+,21-,22-,23+,24+,25-,26-,27-,28-,29-,30-,31+/m0/s1. The van der Waals surface area contributed by atoms with Crippen molar-refractivity contribution >= 4 is 12.0 Å². The van der Waals surface area contributed by atoms with Gasteiger partial charge in [-0.3, -0.25) is 0 Å². The van der Waals surface area contributed by atoms with E-state index in [2.05, 4.69) is 0 Å². The number of methoxy groups -OCH3 is 1. The van der Waals surface area contributed by atoms with E-state index in [1.807, 2.05) is 0 Å². The number of aromatic hydroxyl groups is 1. The first kappa shape index (κ1) is 34.9. The number of fused-ring (bicyclic) bond motifs is 3. The molecule has 4 heterocycles. The Bertz CT molecular complexity index is 1370. The first-order valence-corrected chi connectivity index (χ1v) is 15.4. The molecule has 0 spiro atoms. The van der Waals surface area contributed by atoms with Crippen molar-refractivity contribution in [3.63, 3.8) is 0 Å². The van der Waals surface area contributed by atoms with Crippen LogP contribution in [0.1, 0.15) is 12.5 Å². The second-order valence-corrected chi connectivity index (χ2v) is 12.4. The van der Waals surface area contributed by atoms with Crippen LogP contribution in [-0.4, -0.2) is 153 Å². The molecule has 1 aromatic carbocycles. The van der Waals surface area contributed by atoms with Gasteiger partial charge in [0.2, 0.25) is 6.29 Å². The molecule has 4 fully saturated rings. The van der Waals surface area contributed by atoms with Crippen LogP contribution in [0.5, 0.6) is 11.5 Å². The monoisotopic (exact) mass is 684 g/mol. The van der Waals surface area contributed by atoms with E-state index >= 15 is 0 Å². The third kappa shape index (κ3) is 6.19. The molecule has 0 bridgehead atoms. The summed E-state index contributed by atoms with van der Waals surface area (Å²) in [7, 11) is 1.39. The molecule has 0 unspecified atom stereocenters. The molecule has 0 amide bonds. The second kappa shape index (κ2) is 13.8. The maximum Gasteiger partial charge on any atom is 0.331 e. The Labute approximate surface area is 274 Å². The third-order valence-corrected chi connectivity index (χ3v) is 9.53. The van der Waals surface area contributed by atoms with Crippen LogP contribution in [0.4, 0.5) is 0 Å². The van der Waals surface area contributed by atoms with Crippen molar-refractivity contribution in [1.82, 2.24) is 0 Å². The van der Waals surface area contributed by atoms with Gasteiger partial charge in [0.1, 0.15) is 48.3 Å². The van der Waals surface area contributed by atoms with Crippen LogP contribution in [-0.2, 0) is 38.0 Å². The highest BCUT2D eigenvalue weighted by Crippen LogP contribution is 2.61. The number of hydrogen-bond acceptors (Lipinski definition) is 17. The highest BCUT2D eigenvalue weighted by atomic mass is 16.8. The minimum Gasteiger partial charge on any atom is -0.504 e. The summed E-state index contributed by atoms with van der Waals surface area (Å²) in [6.07, 6.45) is -11.9. The molecule has 1 aliphatic carbocycles. The largest absolute Gasteiger partial charge is 0.504 e. The molecule has 0 aromatic heterocycles. The number of carbonyl (C=O) groups excluding carboxylic acids is 1. The molecule has 17 nitrogen and oxygen atoms in total. The van der Waals surface area contributed by atoms with Crippen LogP contribution >= 0.6 is 0 Å². The van der Waals surface area contributed by atoms with E-state index in [1.165, 1.54) is 38.5 Å². The van der Waals surface area contributed by atoms with Gasteiger partial charge in [0.05, 0.1) is 44.7 Å². The summed E-state index contributed by atoms with van der Waals surface area (Å²) in [5, 5.41) is 82.4. The van der Waals surface area contributed by atoms with E-state index in [9.17, 15) is 45.6 Å². The van der Waals surface area contributed by atoms with Crippen LogP contribution in [0.3, 0.4) is 0 Å². The molecule has 0 radical (unpaired) electrons. The summed E-state index contributed by atoms with van der Waals surface area (Å²) < 4.78 is 45.4. The highest BCUT2D eigenvalue weighted by molar-refractivity contribution is 5.87. The first-order chi connectivity index (χ1) is 22.9. The smallest absolute Gasteiger partial charge is 0.331 e. The number of epoxide rings is 1. The van der Waals surface area contributed by atoms with Gasteiger partial charge < -0.3 is 78.7 Å². The fourth-order valence-electron chi connectivity index (χ4n) is 6.88. The number of rotatable bonds is 10. The van der Waals surface area contributed by atoms with Crippen LogP contribution in [0.25, 0.3) is 6.08 Å². The lowest BCUT2D eigenvalue weighted by Gasteiger charge is -2.44. The predicted octanol–water partition coefficient (Wildman–Crippen LogP) is -2.76. The number of ether oxygens (including phenoxy) is 8. The Hall–Kier alpha value is -2.91. The van der Waals surface area contributed by atoms with Crippen LogP contribution < -0.4 is 4.74 Å². The number of hydrogen-bond donors (Lipinski definition) is 8. The van der Waals surface area contributed by atoms with E-state index in [0.717, 1.165) is 6.08 Å². The van der Waals surface area contributed by atoms with E-state index in [1.54, 1.807) is 12.1 Å². The Morgan fingerprint density at radius 3 is 2.38 bits per heavy atom. The molecule has 1 saturated carbocycles. The average molecular weight is 685 g/mol. The number of esters is 1. The number of carbonyl (C=O) groups is 1. The van der Waals surface area contributed by atoms with Gasteiger partial charge >= 0.3 is 5.97 Å². The Morgan fingerprint density at radius 1 is 0.938 bits per heavy atom. The van der Waals surface area contributed by atoms with Gasteiger partial charge in [0.25, 0.3) is 0 Å². The Kier molecular flexibility index (Phi) is 10.0. The lowest BCUT2D eigenvalue weighted by atomic mass is 9.85. The number of aliphatic hydroxyl groups is 7. The van der Waals surface area contributed by atoms with Crippen LogP contribution in [0, 0.1) is 11.8 Å². The number of aliphatic hydroxyl groups excluding tert-OH is 7. The van der Waals surface area contributed by atoms with Crippen molar-refractivity contribution in [3.05, 3.63) is 42.2 Å². The maximum atomic E-state index is 12.6. The second-order valence-electron chi connectivity index (χ2n) is 12.4. The van der Waals surface area contributed by atoms with Crippen molar-refractivity contribution in [1.29, 1.82) is 0 Å². The number of phenolic OH excluding ortho intramolecular Hbond substituents is 1. The van der Waals surface area contributed by atoms with Crippen LogP contribution in [0.15, 0.2) is 36.6 Å². The van der Waals surface area contributed by atoms with Crippen molar-refractivity contribution in [3.8, 4) is 11.5 Å². The quantitative estimate of drug-likeness (QED) is 0.0705. The molecule has 48 heavy (non-hydrogen) atoms. The zero-order chi connectivity index (χ0) is 34.5. The van der Waals surface area contributed by atoms with Crippen molar-refractivity contribution < 1.29 is 83.5 Å². The minimum atomic E-state index is -1.70. The van der Waals surface area contributed by atoms with Crippen LogP contribution in [0.2, 0.25) is 0 Å². The van der Waals surface area contributed by atoms with Gasteiger partial charge in [0.15, 0.2) is 30.2 Å². The van der Waals surface area contributed by atoms with E-state index < -0.39 is 117 Å². The van der Waals surface area contributed by atoms with Gasteiger partial charge in [-0.1, -0.05) is 6.07 Å². The molecule has 1 aromatic rings. The summed E-state index contributed by atoms with van der Waals surface area (Å²) in [6, 6.07) is 4.45. The third-order valence-electron chi connectivity index (χ3n) is 9.53. The maximum absolute atomic E-state index is 12.6. The summed E-state index contributed by atoms with van der Waals surface area (Å²) in [5.41, 5.74) is -0.697. The molecule has 266 valence electrons. The molecule has 5 aliphatic rings. The average Bonchev–Trinajstić information content (AvgIpc) is 3.76. The molecular weight excluding hydrogens is 644 g/mol. The van der Waals surface area contributed by atoms with Gasteiger partial charge in [-0.15, -0.1) is 0 Å². The minimum absolute atomic E-state index is 0.0724. The number of benzene rings is 1. The highest BCUT2D eigenvalue weighted by Gasteiger charge is 2.77. The predicted molar refractivity (Wildman–Crippen MR) is 155 cm³/mol. The van der Waals surface area contributed by atoms with E-state index in [4.69, 9.17) is 37.9 Å². The summed E-state index contributed by atoms with van der Waals surface area (Å²) in [6.45, 7) is 0.379. The van der Waals surface area contributed by atoms with Crippen molar-refractivity contribution in [2.45, 2.75) is 92.4 Å². The van der Waals surface area contributed by atoms with Gasteiger partial charge in [-0.25, -0.2) is 4.79 Å². The lowest BCUT2D eigenvalue weighted by Crippen LogP contribution is -2.60. The molecule has 3 saturated heterocycles. The van der Waals surface area contributed by atoms with E-state index in [0.29, 0.717) is 5.56 Å². The molecule has 17 heteroatoms. The van der Waals surface area contributed by atoms with Crippen molar-refractivity contribution in [2.75, 3.05) is 20.3 Å². The van der Waals surface area contributed by atoms with Gasteiger partial charge in [0, 0.05) is 12.0 Å². The zero-order valence-corrected chi connectivity index (χ0v) is 25.9. The fraction of sp³-hybridized carbons (Fsp3) is 0.645. The summed E-state index contributed by atoms with van der Waals surface area (Å²) in [4.78, 5) is 12.6. The lowest BCUT2D eigenvalue weighted by molar-refractivity contribution is -0.347. The molecule has 6 rings (SSSR count). The normalized spacial score (nSPS) is 44.9. The molecule has 4 aliphatic heterocycles. The topological polar surface area (TPSA) is 256 Å². The first-order valence-electron chi connectivity index (χ1n) is 15.4. The van der Waals surface area contributed by atoms with Gasteiger partial charge in [-0.05, 0) is 36.8 Å².